The number of ether oxygens (including phenoxy) is 1. The van der Waals surface area contributed by atoms with Gasteiger partial charge in [0.05, 0.1) is 16.6 Å². The molecule has 0 aliphatic carbocycles. The highest BCUT2D eigenvalue weighted by Crippen LogP contribution is 2.49. The molecule has 0 spiro atoms. The van der Waals surface area contributed by atoms with Crippen LogP contribution in [-0.2, 0) is 24.8 Å². The number of hydrogen-bond acceptors (Lipinski definition) is 8. The van der Waals surface area contributed by atoms with Crippen LogP contribution in [0.25, 0.3) is 0 Å². The van der Waals surface area contributed by atoms with E-state index in [2.05, 4.69) is 16.7 Å². The Balaban J connectivity index is 3.44. The molecule has 0 aromatic carbocycles. The summed E-state index contributed by atoms with van der Waals surface area (Å²) in [5.41, 5.74) is -2.63. The molecule has 1 N–H and O–H groups in total. The summed E-state index contributed by atoms with van der Waals surface area (Å²) in [4.78, 5) is 25.6. The van der Waals surface area contributed by atoms with E-state index in [1.807, 2.05) is 0 Å². The van der Waals surface area contributed by atoms with Crippen LogP contribution in [0, 0.1) is 10.1 Å². The van der Waals surface area contributed by atoms with Gasteiger partial charge in [0.15, 0.2) is 0 Å². The molecule has 1 rings (SSSR count). The zero-order valence-electron chi connectivity index (χ0n) is 18.2. The lowest BCUT2D eigenvalue weighted by molar-refractivity contribution is -0.386. The third-order valence-corrected chi connectivity index (χ3v) is 5.09. The largest absolute Gasteiger partial charge is 0.515 e. The Morgan fingerprint density at radius 1 is 1.36 bits per heavy atom. The molecule has 0 radical (unpaired) electrons. The average Bonchev–Trinajstić information content (AvgIpc) is 2.69. The maximum atomic E-state index is 13.4. The van der Waals surface area contributed by atoms with Crippen LogP contribution >= 0.6 is 7.75 Å². The van der Waals surface area contributed by atoms with Gasteiger partial charge in [-0.1, -0.05) is 18.7 Å². The first-order valence-electron chi connectivity index (χ1n) is 9.37. The number of nitro groups is 1. The molecule has 1 aromatic heterocycles. The van der Waals surface area contributed by atoms with Crippen LogP contribution in [0.2, 0.25) is 0 Å². The van der Waals surface area contributed by atoms with Crippen LogP contribution in [-0.4, -0.2) is 28.0 Å². The summed E-state index contributed by atoms with van der Waals surface area (Å²) in [6.45, 7) is 9.37. The van der Waals surface area contributed by atoms with Gasteiger partial charge in [-0.15, -0.1) is 0 Å². The molecule has 0 aliphatic rings. The second-order valence-corrected chi connectivity index (χ2v) is 8.22. The van der Waals surface area contributed by atoms with Gasteiger partial charge in [-0.3, -0.25) is 14.9 Å². The summed E-state index contributed by atoms with van der Waals surface area (Å²) in [6, 6.07) is -1.12. The number of carbonyl (C=O) groups excluding carboxylic acids is 1. The van der Waals surface area contributed by atoms with Crippen molar-refractivity contribution in [3.8, 4) is 5.88 Å². The number of nitrogens with zero attached hydrogens (tertiary/aromatic N) is 2. The van der Waals surface area contributed by atoms with E-state index in [0.29, 0.717) is 0 Å². The van der Waals surface area contributed by atoms with Gasteiger partial charge in [0.1, 0.15) is 11.8 Å². The highest BCUT2D eigenvalue weighted by Gasteiger charge is 2.39. The number of halogens is 3. The maximum absolute atomic E-state index is 13.4. The van der Waals surface area contributed by atoms with E-state index < -0.39 is 54.1 Å². The quantitative estimate of drug-likeness (QED) is 0.112. The maximum Gasteiger partial charge on any atom is 0.515 e. The standard InChI is InChI=1S/C19H23F3N3O7P/c1-6-8-9-15(7-2)31-33(29,24-13(5)18(26)30-12(3)4)32-17-16(25(27)28)10-14(11-23-17)19(20,21)22/h6-13H,1H2,2-5H3,(H,24,29)/b9-8-,15-7+. The molecular formula is C19H23F3N3O7P. The van der Waals surface area contributed by atoms with E-state index in [4.69, 9.17) is 13.8 Å². The van der Waals surface area contributed by atoms with E-state index in [9.17, 15) is 32.6 Å². The van der Waals surface area contributed by atoms with Crippen molar-refractivity contribution in [3.05, 3.63) is 64.6 Å². The minimum absolute atomic E-state index is 0.0651. The van der Waals surface area contributed by atoms with Crippen LogP contribution in [0.3, 0.4) is 0 Å². The third kappa shape index (κ3) is 8.70. The predicted octanol–water partition coefficient (Wildman–Crippen LogP) is 5.09. The smallest absolute Gasteiger partial charge is 0.462 e. The van der Waals surface area contributed by atoms with Crippen LogP contribution in [0.4, 0.5) is 18.9 Å². The zero-order chi connectivity index (χ0) is 25.4. The zero-order valence-corrected chi connectivity index (χ0v) is 19.1. The summed E-state index contributed by atoms with van der Waals surface area (Å²) >= 11 is 0. The summed E-state index contributed by atoms with van der Waals surface area (Å²) in [7, 11) is -4.68. The van der Waals surface area contributed by atoms with E-state index in [0.717, 1.165) is 0 Å². The molecule has 10 nitrogen and oxygen atoms in total. The number of hydrogen-bond donors (Lipinski definition) is 1. The molecule has 0 fully saturated rings. The number of allylic oxidation sites excluding steroid dienone is 4. The number of carbonyl (C=O) groups is 1. The second kappa shape index (κ2) is 11.6. The lowest BCUT2D eigenvalue weighted by Gasteiger charge is -2.23. The van der Waals surface area contributed by atoms with Gasteiger partial charge in [-0.2, -0.15) is 18.3 Å². The van der Waals surface area contributed by atoms with E-state index in [1.54, 1.807) is 13.8 Å². The number of alkyl halides is 3. The van der Waals surface area contributed by atoms with Gasteiger partial charge in [0.2, 0.25) is 0 Å². The Hall–Kier alpha value is -3.18. The molecule has 182 valence electrons. The van der Waals surface area contributed by atoms with Crippen LogP contribution in [0.5, 0.6) is 5.88 Å². The number of nitrogens with one attached hydrogen (secondary N) is 1. The molecule has 2 atom stereocenters. The lowest BCUT2D eigenvalue weighted by atomic mass is 10.2. The average molecular weight is 493 g/mol. The highest BCUT2D eigenvalue weighted by atomic mass is 31.2. The molecule has 0 amide bonds. The fraction of sp³-hybridized carbons (Fsp3) is 0.368. The molecule has 1 aromatic rings. The summed E-state index contributed by atoms with van der Waals surface area (Å²) in [5, 5.41) is 13.6. The first kappa shape index (κ1) is 27.9. The van der Waals surface area contributed by atoms with Crippen LogP contribution < -0.4 is 9.61 Å². The van der Waals surface area contributed by atoms with Gasteiger partial charge in [0, 0.05) is 12.3 Å². The van der Waals surface area contributed by atoms with Crippen molar-refractivity contribution in [2.75, 3.05) is 0 Å². The van der Waals surface area contributed by atoms with E-state index >= 15 is 0 Å². The number of pyridine rings is 1. The summed E-state index contributed by atoms with van der Waals surface area (Å²) in [6.07, 6.45) is 0.294. The van der Waals surface area contributed by atoms with Crippen molar-refractivity contribution in [1.82, 2.24) is 10.1 Å². The highest BCUT2D eigenvalue weighted by molar-refractivity contribution is 7.52. The van der Waals surface area contributed by atoms with E-state index in [1.165, 1.54) is 38.2 Å². The van der Waals surface area contributed by atoms with Gasteiger partial charge >= 0.3 is 31.5 Å². The van der Waals surface area contributed by atoms with Gasteiger partial charge < -0.3 is 13.8 Å². The first-order valence-corrected chi connectivity index (χ1v) is 10.9. The van der Waals surface area contributed by atoms with Crippen molar-refractivity contribution < 1.29 is 41.2 Å². The van der Waals surface area contributed by atoms with Crippen LogP contribution in [0.1, 0.15) is 33.3 Å². The minimum atomic E-state index is -4.92. The number of aromatic nitrogens is 1. The summed E-state index contributed by atoms with van der Waals surface area (Å²) in [5.74, 6) is -1.93. The molecule has 33 heavy (non-hydrogen) atoms. The normalized spacial score (nSPS) is 15.1. The third-order valence-electron chi connectivity index (χ3n) is 3.53. The molecule has 2 unspecified atom stereocenters. The Kier molecular flexibility index (Phi) is 9.80. The van der Waals surface area contributed by atoms with Crippen molar-refractivity contribution in [1.29, 1.82) is 0 Å². The van der Waals surface area contributed by atoms with Crippen molar-refractivity contribution >= 4 is 19.4 Å². The fourth-order valence-electron chi connectivity index (χ4n) is 2.09. The fourth-order valence-corrected chi connectivity index (χ4v) is 3.62. The van der Waals surface area contributed by atoms with Crippen molar-refractivity contribution in [2.24, 2.45) is 0 Å². The Labute approximate surface area is 187 Å². The topological polar surface area (TPSA) is 130 Å². The van der Waals surface area contributed by atoms with E-state index in [-0.39, 0.29) is 18.0 Å². The Morgan fingerprint density at radius 2 is 2.00 bits per heavy atom. The second-order valence-electron chi connectivity index (χ2n) is 6.61. The number of rotatable bonds is 11. The minimum Gasteiger partial charge on any atom is -0.462 e. The lowest BCUT2D eigenvalue weighted by Crippen LogP contribution is -2.36. The Morgan fingerprint density at radius 3 is 2.48 bits per heavy atom. The van der Waals surface area contributed by atoms with Gasteiger partial charge in [-0.25, -0.2) is 9.55 Å². The molecule has 0 saturated carbocycles. The molecule has 14 heteroatoms. The van der Waals surface area contributed by atoms with Gasteiger partial charge in [-0.05, 0) is 39.8 Å². The molecule has 0 saturated heterocycles. The molecule has 0 bridgehead atoms. The number of esters is 1. The monoisotopic (exact) mass is 493 g/mol. The SMILES string of the molecule is C=C/C=C\C(=C/C)OP(=O)(NC(C)C(=O)OC(C)C)Oc1ncc(C(F)(F)F)cc1[N+](=O)[O-]. The molecule has 1 heterocycles. The molecule has 0 aliphatic heterocycles. The summed E-state index contributed by atoms with van der Waals surface area (Å²) < 4.78 is 67.6. The van der Waals surface area contributed by atoms with Crippen molar-refractivity contribution in [3.63, 3.8) is 0 Å². The van der Waals surface area contributed by atoms with Crippen molar-refractivity contribution in [2.45, 2.75) is 46.0 Å². The van der Waals surface area contributed by atoms with Gasteiger partial charge in [0.25, 0.3) is 0 Å². The predicted molar refractivity (Wildman–Crippen MR) is 112 cm³/mol. The first-order chi connectivity index (χ1) is 15.2. The van der Waals surface area contributed by atoms with Crippen LogP contribution in [0.15, 0.2) is 48.9 Å². The molecular weight excluding hydrogens is 470 g/mol. The Bertz CT molecular complexity index is 993.